The second-order valence-electron chi connectivity index (χ2n) is 5.71. The van der Waals surface area contributed by atoms with E-state index >= 15 is 0 Å². The van der Waals surface area contributed by atoms with Gasteiger partial charge in [-0.05, 0) is 50.3 Å². The quantitative estimate of drug-likeness (QED) is 0.802. The first-order valence-electron chi connectivity index (χ1n) is 6.72. The zero-order valence-electron chi connectivity index (χ0n) is 12.2. The first kappa shape index (κ1) is 14.2. The summed E-state index contributed by atoms with van der Waals surface area (Å²) in [7, 11) is 0. The monoisotopic (exact) mass is 233 g/mol. The topological polar surface area (TPSA) is 12.0 Å². The van der Waals surface area contributed by atoms with Crippen molar-refractivity contribution in [2.45, 2.75) is 47.6 Å². The SMILES string of the molecule is Cc1ccc(C)c(C(C)NCC(C)C(C)C)c1. The molecule has 1 aromatic carbocycles. The number of nitrogens with one attached hydrogen (secondary N) is 1. The molecule has 0 aliphatic rings. The fourth-order valence-electron chi connectivity index (χ4n) is 1.93. The third-order valence-corrected chi connectivity index (χ3v) is 3.79. The molecule has 0 spiro atoms. The Morgan fingerprint density at radius 3 is 2.29 bits per heavy atom. The predicted molar refractivity (Wildman–Crippen MR) is 76.3 cm³/mol. The lowest BCUT2D eigenvalue weighted by Gasteiger charge is -2.22. The van der Waals surface area contributed by atoms with Gasteiger partial charge in [0, 0.05) is 6.04 Å². The van der Waals surface area contributed by atoms with Crippen molar-refractivity contribution in [3.05, 3.63) is 34.9 Å². The van der Waals surface area contributed by atoms with Crippen molar-refractivity contribution in [1.82, 2.24) is 5.32 Å². The molecule has 96 valence electrons. The fourth-order valence-corrected chi connectivity index (χ4v) is 1.93. The molecule has 0 saturated carbocycles. The minimum absolute atomic E-state index is 0.441. The molecule has 1 aromatic rings. The average molecular weight is 233 g/mol. The number of benzene rings is 1. The van der Waals surface area contributed by atoms with E-state index in [1.165, 1.54) is 16.7 Å². The second kappa shape index (κ2) is 6.20. The molecule has 1 rings (SSSR count). The van der Waals surface area contributed by atoms with Crippen LogP contribution in [0.5, 0.6) is 0 Å². The summed E-state index contributed by atoms with van der Waals surface area (Å²) in [6.45, 7) is 14.6. The Labute approximate surface area is 107 Å². The van der Waals surface area contributed by atoms with Crippen LogP contribution in [0.4, 0.5) is 0 Å². The molecule has 1 nitrogen and oxygen atoms in total. The lowest BCUT2D eigenvalue weighted by Crippen LogP contribution is -2.27. The van der Waals surface area contributed by atoms with E-state index in [-0.39, 0.29) is 0 Å². The van der Waals surface area contributed by atoms with Crippen LogP contribution in [-0.4, -0.2) is 6.54 Å². The Hall–Kier alpha value is -0.820. The van der Waals surface area contributed by atoms with Gasteiger partial charge in [-0.1, -0.05) is 44.5 Å². The highest BCUT2D eigenvalue weighted by molar-refractivity contribution is 5.32. The van der Waals surface area contributed by atoms with Gasteiger partial charge in [0.2, 0.25) is 0 Å². The summed E-state index contributed by atoms with van der Waals surface area (Å²) in [4.78, 5) is 0. The molecule has 2 unspecified atom stereocenters. The normalized spacial score (nSPS) is 15.0. The van der Waals surface area contributed by atoms with Gasteiger partial charge in [0.15, 0.2) is 0 Å². The summed E-state index contributed by atoms with van der Waals surface area (Å²) in [6.07, 6.45) is 0. The van der Waals surface area contributed by atoms with Crippen LogP contribution in [0.1, 0.15) is 50.4 Å². The van der Waals surface area contributed by atoms with E-state index in [2.05, 4.69) is 65.1 Å². The Bertz CT molecular complexity index is 355. The van der Waals surface area contributed by atoms with Crippen LogP contribution in [0.25, 0.3) is 0 Å². The van der Waals surface area contributed by atoms with Gasteiger partial charge in [0.1, 0.15) is 0 Å². The van der Waals surface area contributed by atoms with Crippen LogP contribution >= 0.6 is 0 Å². The molecule has 0 fully saturated rings. The third kappa shape index (κ3) is 4.16. The Kier molecular flexibility index (Phi) is 5.20. The van der Waals surface area contributed by atoms with E-state index < -0.39 is 0 Å². The highest BCUT2D eigenvalue weighted by Gasteiger charge is 2.11. The van der Waals surface area contributed by atoms with Gasteiger partial charge >= 0.3 is 0 Å². The Morgan fingerprint density at radius 1 is 1.06 bits per heavy atom. The minimum atomic E-state index is 0.441. The largest absolute Gasteiger partial charge is 0.310 e. The summed E-state index contributed by atoms with van der Waals surface area (Å²) in [5, 5.41) is 3.65. The third-order valence-electron chi connectivity index (χ3n) is 3.79. The maximum atomic E-state index is 3.65. The van der Waals surface area contributed by atoms with E-state index in [9.17, 15) is 0 Å². The molecule has 1 heteroatoms. The van der Waals surface area contributed by atoms with E-state index in [1.807, 2.05) is 0 Å². The van der Waals surface area contributed by atoms with Crippen molar-refractivity contribution in [2.24, 2.45) is 11.8 Å². The molecular formula is C16H27N. The van der Waals surface area contributed by atoms with Crippen LogP contribution in [0.15, 0.2) is 18.2 Å². The first-order valence-corrected chi connectivity index (χ1v) is 6.72. The fraction of sp³-hybridized carbons (Fsp3) is 0.625. The maximum Gasteiger partial charge on any atom is 0.0294 e. The molecule has 0 bridgehead atoms. The Balaban J connectivity index is 2.63. The standard InChI is InChI=1S/C16H27N/c1-11(2)14(5)10-17-15(6)16-9-12(3)7-8-13(16)4/h7-9,11,14-15,17H,10H2,1-6H3. The van der Waals surface area contributed by atoms with Crippen molar-refractivity contribution in [3.8, 4) is 0 Å². The summed E-state index contributed by atoms with van der Waals surface area (Å²) in [6, 6.07) is 7.14. The summed E-state index contributed by atoms with van der Waals surface area (Å²) in [5.41, 5.74) is 4.16. The summed E-state index contributed by atoms with van der Waals surface area (Å²) < 4.78 is 0. The highest BCUT2D eigenvalue weighted by atomic mass is 14.9. The van der Waals surface area contributed by atoms with E-state index in [4.69, 9.17) is 0 Å². The molecule has 0 heterocycles. The molecular weight excluding hydrogens is 206 g/mol. The zero-order valence-corrected chi connectivity index (χ0v) is 12.2. The number of hydrogen-bond acceptors (Lipinski definition) is 1. The van der Waals surface area contributed by atoms with Crippen molar-refractivity contribution in [3.63, 3.8) is 0 Å². The lowest BCUT2D eigenvalue weighted by atomic mass is 9.96. The van der Waals surface area contributed by atoms with Crippen molar-refractivity contribution in [2.75, 3.05) is 6.54 Å². The first-order chi connectivity index (χ1) is 7.91. The smallest absolute Gasteiger partial charge is 0.0294 e. The Morgan fingerprint density at radius 2 is 1.71 bits per heavy atom. The molecule has 0 saturated heterocycles. The molecule has 0 aliphatic carbocycles. The number of aryl methyl sites for hydroxylation is 2. The van der Waals surface area contributed by atoms with Crippen molar-refractivity contribution < 1.29 is 0 Å². The van der Waals surface area contributed by atoms with Crippen LogP contribution in [-0.2, 0) is 0 Å². The highest BCUT2D eigenvalue weighted by Crippen LogP contribution is 2.19. The second-order valence-corrected chi connectivity index (χ2v) is 5.71. The molecule has 2 atom stereocenters. The van der Waals surface area contributed by atoms with E-state index in [1.54, 1.807) is 0 Å². The van der Waals surface area contributed by atoms with Gasteiger partial charge in [-0.15, -0.1) is 0 Å². The van der Waals surface area contributed by atoms with Crippen LogP contribution in [0.2, 0.25) is 0 Å². The molecule has 0 aliphatic heterocycles. The van der Waals surface area contributed by atoms with Crippen LogP contribution in [0, 0.1) is 25.7 Å². The molecule has 0 aromatic heterocycles. The molecule has 17 heavy (non-hydrogen) atoms. The predicted octanol–water partition coefficient (Wildman–Crippen LogP) is 4.25. The molecule has 0 radical (unpaired) electrons. The minimum Gasteiger partial charge on any atom is -0.310 e. The molecule has 1 N–H and O–H groups in total. The maximum absolute atomic E-state index is 3.65. The van der Waals surface area contributed by atoms with Gasteiger partial charge in [-0.25, -0.2) is 0 Å². The summed E-state index contributed by atoms with van der Waals surface area (Å²) in [5.74, 6) is 1.47. The van der Waals surface area contributed by atoms with E-state index in [0.29, 0.717) is 6.04 Å². The zero-order chi connectivity index (χ0) is 13.0. The van der Waals surface area contributed by atoms with Gasteiger partial charge in [0.05, 0.1) is 0 Å². The van der Waals surface area contributed by atoms with Crippen molar-refractivity contribution in [1.29, 1.82) is 0 Å². The molecule has 0 amide bonds. The summed E-state index contributed by atoms with van der Waals surface area (Å²) >= 11 is 0. The average Bonchev–Trinajstić information content (AvgIpc) is 2.28. The number of hydrogen-bond donors (Lipinski definition) is 1. The van der Waals surface area contributed by atoms with E-state index in [0.717, 1.165) is 18.4 Å². The van der Waals surface area contributed by atoms with Crippen LogP contribution < -0.4 is 5.32 Å². The van der Waals surface area contributed by atoms with Crippen LogP contribution in [0.3, 0.4) is 0 Å². The lowest BCUT2D eigenvalue weighted by molar-refractivity contribution is 0.375. The van der Waals surface area contributed by atoms with Crippen molar-refractivity contribution >= 4 is 0 Å². The van der Waals surface area contributed by atoms with Gasteiger partial charge in [0.25, 0.3) is 0 Å². The van der Waals surface area contributed by atoms with Gasteiger partial charge < -0.3 is 5.32 Å². The number of rotatable bonds is 5. The van der Waals surface area contributed by atoms with Gasteiger partial charge in [-0.3, -0.25) is 0 Å². The van der Waals surface area contributed by atoms with Gasteiger partial charge in [-0.2, -0.15) is 0 Å².